The molecule has 2 aromatic carbocycles. The van der Waals surface area contributed by atoms with Crippen LogP contribution in [0.3, 0.4) is 0 Å². The normalized spacial score (nSPS) is 12.8. The summed E-state index contributed by atoms with van der Waals surface area (Å²) in [6, 6.07) is 13.6. The van der Waals surface area contributed by atoms with Crippen molar-refractivity contribution in [2.45, 2.75) is 12.6 Å². The average molecular weight is 267 g/mol. The summed E-state index contributed by atoms with van der Waals surface area (Å²) in [4.78, 5) is 4.32. The monoisotopic (exact) mass is 267 g/mol. The van der Waals surface area contributed by atoms with Crippen molar-refractivity contribution in [2.24, 2.45) is 12.8 Å². The fraction of sp³-hybridized carbons (Fsp3) is 0.188. The smallest absolute Gasteiger partial charge is 0.104 e. The zero-order valence-electron chi connectivity index (χ0n) is 11.3. The second-order valence-electron chi connectivity index (χ2n) is 4.95. The zero-order valence-corrected chi connectivity index (χ0v) is 11.3. The van der Waals surface area contributed by atoms with Crippen LogP contribution >= 0.6 is 0 Å². The van der Waals surface area contributed by atoms with Gasteiger partial charge in [0.05, 0.1) is 17.4 Å². The molecule has 3 N–H and O–H groups in total. The van der Waals surface area contributed by atoms with Crippen LogP contribution in [0.15, 0.2) is 48.8 Å². The van der Waals surface area contributed by atoms with Gasteiger partial charge in [-0.1, -0.05) is 30.3 Å². The molecule has 1 atom stereocenters. The number of hydrogen-bond acceptors (Lipinski definition) is 3. The van der Waals surface area contributed by atoms with Crippen molar-refractivity contribution in [1.29, 1.82) is 0 Å². The third-order valence-electron chi connectivity index (χ3n) is 3.60. The van der Waals surface area contributed by atoms with E-state index in [0.717, 1.165) is 27.7 Å². The van der Waals surface area contributed by atoms with E-state index in [-0.39, 0.29) is 0 Å². The van der Waals surface area contributed by atoms with E-state index < -0.39 is 6.10 Å². The second kappa shape index (κ2) is 5.07. The Kier molecular flexibility index (Phi) is 3.26. The van der Waals surface area contributed by atoms with Gasteiger partial charge in [0.2, 0.25) is 0 Å². The maximum Gasteiger partial charge on any atom is 0.104 e. The van der Waals surface area contributed by atoms with Crippen LogP contribution < -0.4 is 5.73 Å². The van der Waals surface area contributed by atoms with Crippen LogP contribution in [0.4, 0.5) is 0 Å². The second-order valence-corrected chi connectivity index (χ2v) is 4.95. The molecule has 102 valence electrons. The number of nitrogens with zero attached hydrogens (tertiary/aromatic N) is 2. The molecule has 1 unspecified atom stereocenters. The molecule has 3 rings (SSSR count). The highest BCUT2D eigenvalue weighted by Gasteiger charge is 2.12. The molecule has 0 aliphatic heterocycles. The fourth-order valence-corrected chi connectivity index (χ4v) is 2.35. The van der Waals surface area contributed by atoms with E-state index in [1.807, 2.05) is 54.1 Å². The first-order valence-electron chi connectivity index (χ1n) is 6.57. The number of hydrogen-bond donors (Lipinski definition) is 2. The van der Waals surface area contributed by atoms with Crippen LogP contribution in [0, 0.1) is 0 Å². The molecule has 0 saturated heterocycles. The molecule has 4 nitrogen and oxygen atoms in total. The number of aliphatic hydroxyl groups excluding tert-OH is 1. The number of aromatic nitrogens is 2. The Hall–Kier alpha value is -2.17. The van der Waals surface area contributed by atoms with Crippen molar-refractivity contribution in [2.75, 3.05) is 0 Å². The molecular weight excluding hydrogens is 250 g/mol. The lowest BCUT2D eigenvalue weighted by Gasteiger charge is -2.12. The number of aryl methyl sites for hydroxylation is 1. The van der Waals surface area contributed by atoms with Crippen molar-refractivity contribution < 1.29 is 5.11 Å². The van der Waals surface area contributed by atoms with Gasteiger partial charge in [-0.15, -0.1) is 0 Å². The number of fused-ring (bicyclic) bond motifs is 1. The summed E-state index contributed by atoms with van der Waals surface area (Å²) >= 11 is 0. The van der Waals surface area contributed by atoms with Gasteiger partial charge in [0, 0.05) is 13.6 Å². The number of imidazole rings is 1. The third-order valence-corrected chi connectivity index (χ3v) is 3.60. The summed E-state index contributed by atoms with van der Waals surface area (Å²) in [7, 11) is 1.96. The summed E-state index contributed by atoms with van der Waals surface area (Å²) in [5, 5.41) is 10.5. The minimum Gasteiger partial charge on any atom is -0.384 e. The maximum atomic E-state index is 10.5. The van der Waals surface area contributed by atoms with Crippen molar-refractivity contribution in [1.82, 2.24) is 9.55 Å². The number of nitrogens with two attached hydrogens (primary N) is 1. The fourth-order valence-electron chi connectivity index (χ4n) is 2.35. The van der Waals surface area contributed by atoms with Gasteiger partial charge in [-0.05, 0) is 28.8 Å². The van der Waals surface area contributed by atoms with Crippen LogP contribution in [0.1, 0.15) is 22.8 Å². The summed E-state index contributed by atoms with van der Waals surface area (Å²) in [5.74, 6) is 0. The quantitative estimate of drug-likeness (QED) is 0.764. The lowest BCUT2D eigenvalue weighted by Crippen LogP contribution is -2.01. The number of benzene rings is 2. The molecule has 1 aromatic heterocycles. The molecule has 1 heterocycles. The van der Waals surface area contributed by atoms with E-state index in [1.54, 1.807) is 6.33 Å². The molecule has 0 aliphatic rings. The molecular formula is C16H17N3O. The van der Waals surface area contributed by atoms with E-state index in [0.29, 0.717) is 6.54 Å². The highest BCUT2D eigenvalue weighted by molar-refractivity contribution is 5.76. The van der Waals surface area contributed by atoms with Crippen LogP contribution in [0.25, 0.3) is 11.0 Å². The van der Waals surface area contributed by atoms with E-state index in [1.165, 1.54) is 0 Å². The highest BCUT2D eigenvalue weighted by Crippen LogP contribution is 2.25. The van der Waals surface area contributed by atoms with Gasteiger partial charge in [0.1, 0.15) is 6.10 Å². The van der Waals surface area contributed by atoms with Crippen molar-refractivity contribution in [3.63, 3.8) is 0 Å². The molecule has 0 bridgehead atoms. The third kappa shape index (κ3) is 2.19. The standard InChI is InChI=1S/C16H17N3O/c1-19-10-18-14-8-13(6-7-15(14)19)16(20)12-4-2-11(9-17)3-5-12/h2-8,10,16,20H,9,17H2,1H3. The molecule has 0 radical (unpaired) electrons. The van der Waals surface area contributed by atoms with Crippen LogP contribution in [0.5, 0.6) is 0 Å². The topological polar surface area (TPSA) is 64.1 Å². The number of rotatable bonds is 3. The largest absolute Gasteiger partial charge is 0.384 e. The van der Waals surface area contributed by atoms with Gasteiger partial charge in [0.15, 0.2) is 0 Å². The van der Waals surface area contributed by atoms with E-state index >= 15 is 0 Å². The first kappa shape index (κ1) is 12.8. The Labute approximate surface area is 117 Å². The lowest BCUT2D eigenvalue weighted by molar-refractivity contribution is 0.220. The van der Waals surface area contributed by atoms with Crippen LogP contribution in [0.2, 0.25) is 0 Å². The molecule has 4 heteroatoms. The highest BCUT2D eigenvalue weighted by atomic mass is 16.3. The zero-order chi connectivity index (χ0) is 14.1. The lowest BCUT2D eigenvalue weighted by atomic mass is 10.00. The molecule has 0 amide bonds. The first-order chi connectivity index (χ1) is 9.69. The predicted molar refractivity (Wildman–Crippen MR) is 79.1 cm³/mol. The van der Waals surface area contributed by atoms with Gasteiger partial charge in [-0.3, -0.25) is 0 Å². The van der Waals surface area contributed by atoms with Crippen molar-refractivity contribution in [3.8, 4) is 0 Å². The van der Waals surface area contributed by atoms with Crippen molar-refractivity contribution in [3.05, 3.63) is 65.5 Å². The molecule has 0 saturated carbocycles. The predicted octanol–water partition coefficient (Wildman–Crippen LogP) is 2.11. The minimum absolute atomic E-state index is 0.510. The van der Waals surface area contributed by atoms with Gasteiger partial charge >= 0.3 is 0 Å². The SMILES string of the molecule is Cn1cnc2cc(C(O)c3ccc(CN)cc3)ccc21. The number of aliphatic hydroxyl groups is 1. The molecule has 0 fully saturated rings. The summed E-state index contributed by atoms with van der Waals surface area (Å²) in [6.45, 7) is 0.510. The summed E-state index contributed by atoms with van der Waals surface area (Å²) in [6.07, 6.45) is 1.13. The molecule has 0 aliphatic carbocycles. The maximum absolute atomic E-state index is 10.5. The van der Waals surface area contributed by atoms with Crippen molar-refractivity contribution >= 4 is 11.0 Å². The Balaban J connectivity index is 1.96. The molecule has 20 heavy (non-hydrogen) atoms. The van der Waals surface area contributed by atoms with E-state index in [4.69, 9.17) is 5.73 Å². The van der Waals surface area contributed by atoms with Gasteiger partial charge in [-0.2, -0.15) is 0 Å². The van der Waals surface area contributed by atoms with Crippen LogP contribution in [-0.2, 0) is 13.6 Å². The van der Waals surface area contributed by atoms with E-state index in [2.05, 4.69) is 4.98 Å². The average Bonchev–Trinajstić information content (AvgIpc) is 2.87. The first-order valence-corrected chi connectivity index (χ1v) is 6.57. The Morgan fingerprint density at radius 1 is 1.15 bits per heavy atom. The van der Waals surface area contributed by atoms with Gasteiger partial charge in [0.25, 0.3) is 0 Å². The Morgan fingerprint density at radius 2 is 1.85 bits per heavy atom. The summed E-state index contributed by atoms with van der Waals surface area (Å²) < 4.78 is 1.96. The van der Waals surface area contributed by atoms with E-state index in [9.17, 15) is 5.11 Å². The Bertz CT molecular complexity index is 731. The van der Waals surface area contributed by atoms with Crippen LogP contribution in [-0.4, -0.2) is 14.7 Å². The molecule has 0 spiro atoms. The Morgan fingerprint density at radius 3 is 2.55 bits per heavy atom. The van der Waals surface area contributed by atoms with Gasteiger partial charge < -0.3 is 15.4 Å². The molecule has 3 aromatic rings. The summed E-state index contributed by atoms with van der Waals surface area (Å²) in [5.41, 5.74) is 10.3. The van der Waals surface area contributed by atoms with Gasteiger partial charge in [-0.25, -0.2) is 4.98 Å². The minimum atomic E-state index is -0.645.